The van der Waals surface area contributed by atoms with Gasteiger partial charge in [-0.3, -0.25) is 0 Å². The average molecular weight is 232 g/mol. The smallest absolute Gasteiger partial charge is 0.175 e. The summed E-state index contributed by atoms with van der Waals surface area (Å²) >= 11 is 0. The lowest BCUT2D eigenvalue weighted by Crippen LogP contribution is -1.96. The Morgan fingerprint density at radius 3 is 1.75 bits per heavy atom. The van der Waals surface area contributed by atoms with Crippen LogP contribution in [0.3, 0.4) is 0 Å². The minimum Gasteiger partial charge on any atom is -0.224 e. The van der Waals surface area contributed by atoms with Crippen molar-refractivity contribution in [2.24, 2.45) is 0 Å². The Labute approximate surface area is 95.5 Å². The largest absolute Gasteiger partial charge is 0.224 e. The molecule has 0 N–H and O–H groups in total. The highest BCUT2D eigenvalue weighted by Gasteiger charge is 2.06. The minimum absolute atomic E-state index is 0.354. The lowest BCUT2D eigenvalue weighted by Gasteiger charge is -2.02. The first-order valence-electron chi connectivity index (χ1n) is 4.93. The van der Waals surface area contributed by atoms with Crippen molar-refractivity contribution >= 4 is 9.84 Å². The third-order valence-electron chi connectivity index (χ3n) is 2.39. The quantitative estimate of drug-likeness (QED) is 0.797. The van der Waals surface area contributed by atoms with Crippen LogP contribution < -0.4 is 0 Å². The summed E-state index contributed by atoms with van der Waals surface area (Å²) in [7, 11) is -3.10. The van der Waals surface area contributed by atoms with Gasteiger partial charge in [0.1, 0.15) is 0 Å². The molecule has 0 aromatic heterocycles. The number of hydrogen-bond acceptors (Lipinski definition) is 2. The van der Waals surface area contributed by atoms with Crippen molar-refractivity contribution in [3.05, 3.63) is 54.6 Å². The first-order valence-corrected chi connectivity index (χ1v) is 6.82. The summed E-state index contributed by atoms with van der Waals surface area (Å²) in [4.78, 5) is 0.354. The Balaban J connectivity index is 2.41. The fraction of sp³-hybridized carbons (Fsp3) is 0.0769. The van der Waals surface area contributed by atoms with Gasteiger partial charge in [-0.05, 0) is 23.3 Å². The van der Waals surface area contributed by atoms with Crippen molar-refractivity contribution in [2.75, 3.05) is 6.26 Å². The van der Waals surface area contributed by atoms with Gasteiger partial charge in [-0.2, -0.15) is 0 Å². The van der Waals surface area contributed by atoms with Gasteiger partial charge in [0.15, 0.2) is 9.84 Å². The van der Waals surface area contributed by atoms with Gasteiger partial charge in [0.25, 0.3) is 0 Å². The summed E-state index contributed by atoms with van der Waals surface area (Å²) in [6.45, 7) is 0. The van der Waals surface area contributed by atoms with Crippen LogP contribution in [0.2, 0.25) is 0 Å². The molecule has 2 aromatic carbocycles. The van der Waals surface area contributed by atoms with Gasteiger partial charge in [0, 0.05) is 6.26 Å². The number of sulfone groups is 1. The molecule has 0 unspecified atom stereocenters. The first-order chi connectivity index (χ1) is 7.57. The van der Waals surface area contributed by atoms with E-state index in [1.165, 1.54) is 6.26 Å². The molecule has 0 aliphatic heterocycles. The van der Waals surface area contributed by atoms with Crippen molar-refractivity contribution in [2.45, 2.75) is 4.90 Å². The molecule has 0 atom stereocenters. The Kier molecular flexibility index (Phi) is 2.79. The van der Waals surface area contributed by atoms with Gasteiger partial charge in [0.05, 0.1) is 4.90 Å². The number of hydrogen-bond donors (Lipinski definition) is 0. The van der Waals surface area contributed by atoms with Gasteiger partial charge < -0.3 is 0 Å². The predicted molar refractivity (Wildman–Crippen MR) is 65.0 cm³/mol. The van der Waals surface area contributed by atoms with E-state index in [4.69, 9.17) is 0 Å². The predicted octanol–water partition coefficient (Wildman–Crippen LogP) is 2.76. The SMILES string of the molecule is CS(=O)(=O)c1ccc(-c2ccccc2)cc1. The summed E-state index contributed by atoms with van der Waals surface area (Å²) in [6, 6.07) is 16.8. The highest BCUT2D eigenvalue weighted by molar-refractivity contribution is 7.90. The molecule has 0 saturated carbocycles. The Hall–Kier alpha value is -1.61. The summed E-state index contributed by atoms with van der Waals surface area (Å²) in [5, 5.41) is 0. The van der Waals surface area contributed by atoms with Crippen molar-refractivity contribution in [1.82, 2.24) is 0 Å². The molecule has 0 spiro atoms. The Bertz CT molecular complexity index is 569. The van der Waals surface area contributed by atoms with Gasteiger partial charge in [-0.15, -0.1) is 0 Å². The van der Waals surface area contributed by atoms with Crippen LogP contribution in [-0.2, 0) is 9.84 Å². The fourth-order valence-electron chi connectivity index (χ4n) is 1.53. The standard InChI is InChI=1S/C13H12O2S/c1-16(14,15)13-9-7-12(8-10-13)11-5-3-2-4-6-11/h2-10H,1H3. The van der Waals surface area contributed by atoms with Crippen LogP contribution >= 0.6 is 0 Å². The molecule has 82 valence electrons. The van der Waals surface area contributed by atoms with Crippen LogP contribution in [0.15, 0.2) is 59.5 Å². The first kappa shape index (κ1) is 10.9. The molecule has 0 radical (unpaired) electrons. The molecular formula is C13H12O2S. The Morgan fingerprint density at radius 1 is 0.750 bits per heavy atom. The minimum atomic E-state index is -3.10. The molecule has 0 aliphatic rings. The summed E-state index contributed by atoms with van der Waals surface area (Å²) < 4.78 is 22.6. The molecule has 0 amide bonds. The van der Waals surface area contributed by atoms with Crippen LogP contribution in [0.25, 0.3) is 11.1 Å². The van der Waals surface area contributed by atoms with Crippen molar-refractivity contribution in [3.63, 3.8) is 0 Å². The van der Waals surface area contributed by atoms with Crippen LogP contribution in [0.1, 0.15) is 0 Å². The second-order valence-electron chi connectivity index (χ2n) is 3.66. The molecular weight excluding hydrogens is 220 g/mol. The van der Waals surface area contributed by atoms with Crippen molar-refractivity contribution in [1.29, 1.82) is 0 Å². The molecule has 2 rings (SSSR count). The lowest BCUT2D eigenvalue weighted by atomic mass is 10.1. The van der Waals surface area contributed by atoms with E-state index in [1.807, 2.05) is 42.5 Å². The van der Waals surface area contributed by atoms with Crippen LogP contribution in [0, 0.1) is 0 Å². The highest BCUT2D eigenvalue weighted by atomic mass is 32.2. The zero-order chi connectivity index (χ0) is 11.6. The average Bonchev–Trinajstić information content (AvgIpc) is 2.29. The van der Waals surface area contributed by atoms with Crippen molar-refractivity contribution < 1.29 is 8.42 Å². The second-order valence-corrected chi connectivity index (χ2v) is 5.68. The van der Waals surface area contributed by atoms with E-state index < -0.39 is 9.84 Å². The van der Waals surface area contributed by atoms with Crippen LogP contribution in [0.4, 0.5) is 0 Å². The fourth-order valence-corrected chi connectivity index (χ4v) is 2.16. The lowest BCUT2D eigenvalue weighted by molar-refractivity contribution is 0.602. The second kappa shape index (κ2) is 4.10. The summed E-state index contributed by atoms with van der Waals surface area (Å²) in [5.74, 6) is 0. The Morgan fingerprint density at radius 2 is 1.25 bits per heavy atom. The summed E-state index contributed by atoms with van der Waals surface area (Å²) in [5.41, 5.74) is 2.11. The molecule has 16 heavy (non-hydrogen) atoms. The van der Waals surface area contributed by atoms with E-state index in [2.05, 4.69) is 0 Å². The molecule has 0 heterocycles. The maximum atomic E-state index is 11.3. The zero-order valence-electron chi connectivity index (χ0n) is 8.92. The third kappa shape index (κ3) is 2.31. The van der Waals surface area contributed by atoms with Crippen LogP contribution in [0.5, 0.6) is 0 Å². The topological polar surface area (TPSA) is 34.1 Å². The molecule has 3 heteroatoms. The molecule has 2 nitrogen and oxygen atoms in total. The van der Waals surface area contributed by atoms with E-state index in [1.54, 1.807) is 12.1 Å². The number of benzene rings is 2. The molecule has 0 saturated heterocycles. The summed E-state index contributed by atoms with van der Waals surface area (Å²) in [6.07, 6.45) is 1.21. The molecule has 0 aliphatic carbocycles. The number of rotatable bonds is 2. The van der Waals surface area contributed by atoms with Crippen molar-refractivity contribution in [3.8, 4) is 11.1 Å². The van der Waals surface area contributed by atoms with Gasteiger partial charge >= 0.3 is 0 Å². The van der Waals surface area contributed by atoms with E-state index in [9.17, 15) is 8.42 Å². The van der Waals surface area contributed by atoms with Gasteiger partial charge in [-0.1, -0.05) is 42.5 Å². The normalized spacial score (nSPS) is 11.3. The van der Waals surface area contributed by atoms with Gasteiger partial charge in [-0.25, -0.2) is 8.42 Å². The monoisotopic (exact) mass is 232 g/mol. The van der Waals surface area contributed by atoms with Crippen LogP contribution in [-0.4, -0.2) is 14.7 Å². The maximum absolute atomic E-state index is 11.3. The third-order valence-corrected chi connectivity index (χ3v) is 3.52. The zero-order valence-corrected chi connectivity index (χ0v) is 9.74. The highest BCUT2D eigenvalue weighted by Crippen LogP contribution is 2.20. The van der Waals surface area contributed by atoms with E-state index >= 15 is 0 Å². The molecule has 2 aromatic rings. The molecule has 0 fully saturated rings. The van der Waals surface area contributed by atoms with Gasteiger partial charge in [0.2, 0.25) is 0 Å². The maximum Gasteiger partial charge on any atom is 0.175 e. The van der Waals surface area contributed by atoms with E-state index in [0.717, 1.165) is 11.1 Å². The van der Waals surface area contributed by atoms with E-state index in [-0.39, 0.29) is 0 Å². The molecule has 0 bridgehead atoms. The van der Waals surface area contributed by atoms with E-state index in [0.29, 0.717) is 4.90 Å².